The van der Waals surface area contributed by atoms with Crippen molar-refractivity contribution in [2.45, 2.75) is 13.8 Å². The molecule has 0 saturated carbocycles. The number of carbonyl (C=O) groups excluding carboxylic acids is 1. The molecule has 1 aromatic carbocycles. The zero-order chi connectivity index (χ0) is 15.4. The van der Waals surface area contributed by atoms with E-state index in [4.69, 9.17) is 16.9 Å². The zero-order valence-electron chi connectivity index (χ0n) is 11.7. The molecule has 0 aliphatic rings. The fraction of sp³-hybridized carbons (Fsp3) is 0.188. The van der Waals surface area contributed by atoms with Crippen molar-refractivity contribution in [3.63, 3.8) is 0 Å². The molecule has 0 radical (unpaired) electrons. The third kappa shape index (κ3) is 3.59. The van der Waals surface area contributed by atoms with Crippen LogP contribution in [0.25, 0.3) is 11.8 Å². The molecule has 0 aliphatic carbocycles. The Morgan fingerprint density at radius 1 is 1.38 bits per heavy atom. The summed E-state index contributed by atoms with van der Waals surface area (Å²) in [5, 5.41) is 13.9. The molecule has 106 valence electrons. The molecule has 0 spiro atoms. The summed E-state index contributed by atoms with van der Waals surface area (Å²) < 4.78 is 1.66. The molecule has 0 fully saturated rings. The molecule has 5 heteroatoms. The van der Waals surface area contributed by atoms with Crippen LogP contribution in [-0.4, -0.2) is 15.6 Å². The number of Topliss-reactive ketones (excluding diaryl/α,β-unsaturated/α-hetero) is 1. The van der Waals surface area contributed by atoms with Crippen molar-refractivity contribution in [3.8, 4) is 11.8 Å². The first-order chi connectivity index (χ1) is 10.0. The highest BCUT2D eigenvalue weighted by atomic mass is 35.5. The SMILES string of the molecule is CC(C)C(=O)C(C#N)=Cc1cnn(-c2ccc(Cl)cc2)c1. The number of hydrogen-bond acceptors (Lipinski definition) is 3. The number of aromatic nitrogens is 2. The Morgan fingerprint density at radius 3 is 2.62 bits per heavy atom. The summed E-state index contributed by atoms with van der Waals surface area (Å²) in [5.41, 5.74) is 1.70. The van der Waals surface area contributed by atoms with Gasteiger partial charge in [-0.3, -0.25) is 4.79 Å². The topological polar surface area (TPSA) is 58.7 Å². The Kier molecular flexibility index (Phi) is 4.56. The summed E-state index contributed by atoms with van der Waals surface area (Å²) in [7, 11) is 0. The van der Waals surface area contributed by atoms with Crippen molar-refractivity contribution in [3.05, 3.63) is 52.8 Å². The van der Waals surface area contributed by atoms with Crippen LogP contribution >= 0.6 is 11.6 Å². The van der Waals surface area contributed by atoms with Gasteiger partial charge in [-0.25, -0.2) is 4.68 Å². The Hall–Kier alpha value is -2.38. The number of benzene rings is 1. The summed E-state index contributed by atoms with van der Waals surface area (Å²) in [6, 6.07) is 9.18. The monoisotopic (exact) mass is 299 g/mol. The van der Waals surface area contributed by atoms with Gasteiger partial charge in [0.2, 0.25) is 0 Å². The predicted octanol–water partition coefficient (Wildman–Crippen LogP) is 3.66. The molecule has 0 N–H and O–H groups in total. The summed E-state index contributed by atoms with van der Waals surface area (Å²) in [5.74, 6) is -0.376. The highest BCUT2D eigenvalue weighted by molar-refractivity contribution is 6.30. The molecule has 21 heavy (non-hydrogen) atoms. The Bertz CT molecular complexity index is 721. The minimum absolute atomic E-state index is 0.139. The lowest BCUT2D eigenvalue weighted by atomic mass is 10.0. The van der Waals surface area contributed by atoms with Gasteiger partial charge < -0.3 is 0 Å². The summed E-state index contributed by atoms with van der Waals surface area (Å²) in [6.45, 7) is 3.54. The molecule has 0 atom stereocenters. The van der Waals surface area contributed by atoms with E-state index >= 15 is 0 Å². The van der Waals surface area contributed by atoms with E-state index in [0.717, 1.165) is 5.69 Å². The number of rotatable bonds is 4. The molecular formula is C16H14ClN3O. The van der Waals surface area contributed by atoms with Crippen molar-refractivity contribution in [2.75, 3.05) is 0 Å². The number of allylic oxidation sites excluding steroid dienone is 1. The average Bonchev–Trinajstić information content (AvgIpc) is 2.93. The van der Waals surface area contributed by atoms with Gasteiger partial charge >= 0.3 is 0 Å². The number of halogens is 1. The first kappa shape index (κ1) is 15.0. The minimum atomic E-state index is -0.206. The maximum absolute atomic E-state index is 11.9. The van der Waals surface area contributed by atoms with E-state index in [-0.39, 0.29) is 17.3 Å². The highest BCUT2D eigenvalue weighted by Gasteiger charge is 2.13. The first-order valence-electron chi connectivity index (χ1n) is 6.48. The summed E-state index contributed by atoms with van der Waals surface area (Å²) in [4.78, 5) is 11.9. The Balaban J connectivity index is 2.29. The van der Waals surface area contributed by atoms with Crippen LogP contribution < -0.4 is 0 Å². The number of hydrogen-bond donors (Lipinski definition) is 0. The number of nitriles is 1. The molecule has 1 aromatic heterocycles. The fourth-order valence-corrected chi connectivity index (χ4v) is 1.91. The molecule has 0 saturated heterocycles. The molecule has 1 heterocycles. The molecular weight excluding hydrogens is 286 g/mol. The van der Waals surface area contributed by atoms with Gasteiger partial charge in [0.25, 0.3) is 0 Å². The second kappa shape index (κ2) is 6.38. The van der Waals surface area contributed by atoms with Crippen LogP contribution in [0.15, 0.2) is 42.2 Å². The van der Waals surface area contributed by atoms with E-state index in [0.29, 0.717) is 10.6 Å². The van der Waals surface area contributed by atoms with Crippen LogP contribution in [0.3, 0.4) is 0 Å². The second-order valence-electron chi connectivity index (χ2n) is 4.88. The minimum Gasteiger partial charge on any atom is -0.293 e. The highest BCUT2D eigenvalue weighted by Crippen LogP contribution is 2.15. The fourth-order valence-electron chi connectivity index (χ4n) is 1.78. The van der Waals surface area contributed by atoms with E-state index in [9.17, 15) is 4.79 Å². The van der Waals surface area contributed by atoms with Crippen LogP contribution in [0.1, 0.15) is 19.4 Å². The first-order valence-corrected chi connectivity index (χ1v) is 6.85. The lowest BCUT2D eigenvalue weighted by Crippen LogP contribution is -2.08. The third-order valence-corrected chi connectivity index (χ3v) is 3.17. The van der Waals surface area contributed by atoms with Crippen LogP contribution in [0.2, 0.25) is 5.02 Å². The van der Waals surface area contributed by atoms with Gasteiger partial charge in [0, 0.05) is 22.7 Å². The number of nitrogens with zero attached hydrogens (tertiary/aromatic N) is 3. The van der Waals surface area contributed by atoms with Gasteiger partial charge in [0.05, 0.1) is 17.5 Å². The van der Waals surface area contributed by atoms with Crippen molar-refractivity contribution < 1.29 is 4.79 Å². The lowest BCUT2D eigenvalue weighted by molar-refractivity contribution is -0.117. The van der Waals surface area contributed by atoms with Gasteiger partial charge in [-0.15, -0.1) is 0 Å². The van der Waals surface area contributed by atoms with Gasteiger partial charge in [0.1, 0.15) is 6.07 Å². The standard InChI is InChI=1S/C16H14ClN3O/c1-11(2)16(21)13(8-18)7-12-9-19-20(10-12)15-5-3-14(17)4-6-15/h3-7,9-11H,1-2H3. The number of carbonyl (C=O) groups is 1. The molecule has 0 bridgehead atoms. The van der Waals surface area contributed by atoms with E-state index in [1.54, 1.807) is 49.1 Å². The quantitative estimate of drug-likeness (QED) is 0.639. The van der Waals surface area contributed by atoms with E-state index in [1.807, 2.05) is 18.2 Å². The molecule has 2 rings (SSSR count). The van der Waals surface area contributed by atoms with Crippen LogP contribution in [0.5, 0.6) is 0 Å². The molecule has 0 unspecified atom stereocenters. The lowest BCUT2D eigenvalue weighted by Gasteiger charge is -2.01. The van der Waals surface area contributed by atoms with Crippen molar-refractivity contribution in [1.29, 1.82) is 5.26 Å². The van der Waals surface area contributed by atoms with E-state index in [2.05, 4.69) is 5.10 Å². The maximum Gasteiger partial charge on any atom is 0.175 e. The van der Waals surface area contributed by atoms with Gasteiger partial charge in [-0.1, -0.05) is 25.4 Å². The summed E-state index contributed by atoms with van der Waals surface area (Å²) >= 11 is 5.84. The zero-order valence-corrected chi connectivity index (χ0v) is 12.5. The second-order valence-corrected chi connectivity index (χ2v) is 5.32. The van der Waals surface area contributed by atoms with Gasteiger partial charge in [-0.05, 0) is 30.3 Å². The molecule has 2 aromatic rings. The van der Waals surface area contributed by atoms with Crippen molar-refractivity contribution in [1.82, 2.24) is 9.78 Å². The Morgan fingerprint density at radius 2 is 2.05 bits per heavy atom. The number of ketones is 1. The normalized spacial score (nSPS) is 11.5. The third-order valence-electron chi connectivity index (χ3n) is 2.92. The average molecular weight is 300 g/mol. The smallest absolute Gasteiger partial charge is 0.175 e. The maximum atomic E-state index is 11.9. The van der Waals surface area contributed by atoms with Crippen LogP contribution in [0.4, 0.5) is 0 Å². The molecule has 0 amide bonds. The summed E-state index contributed by atoms with van der Waals surface area (Å²) in [6.07, 6.45) is 4.93. The van der Waals surface area contributed by atoms with Crippen LogP contribution in [0, 0.1) is 17.2 Å². The molecule has 4 nitrogen and oxygen atoms in total. The molecule has 0 aliphatic heterocycles. The van der Waals surface area contributed by atoms with Gasteiger partial charge in [0.15, 0.2) is 5.78 Å². The van der Waals surface area contributed by atoms with E-state index in [1.165, 1.54) is 0 Å². The largest absolute Gasteiger partial charge is 0.293 e. The van der Waals surface area contributed by atoms with Crippen LogP contribution in [-0.2, 0) is 4.79 Å². The van der Waals surface area contributed by atoms with E-state index < -0.39 is 0 Å². The Labute approximate surface area is 128 Å². The van der Waals surface area contributed by atoms with Gasteiger partial charge in [-0.2, -0.15) is 10.4 Å². The van der Waals surface area contributed by atoms with Crippen molar-refractivity contribution >= 4 is 23.5 Å². The van der Waals surface area contributed by atoms with Crippen molar-refractivity contribution in [2.24, 2.45) is 5.92 Å². The predicted molar refractivity (Wildman–Crippen MR) is 82.0 cm³/mol.